The Morgan fingerprint density at radius 2 is 2.00 bits per heavy atom. The average molecular weight is 264 g/mol. The number of aliphatic hydroxyl groups is 2. The lowest BCUT2D eigenvalue weighted by Gasteiger charge is -2.22. The minimum Gasteiger partial charge on any atom is -0.507 e. The molecule has 0 spiro atoms. The van der Waals surface area contributed by atoms with E-state index < -0.39 is 17.3 Å². The maximum atomic E-state index is 11.1. The van der Waals surface area contributed by atoms with Crippen LogP contribution in [0.4, 0.5) is 0 Å². The molecule has 102 valence electrons. The van der Waals surface area contributed by atoms with Gasteiger partial charge in [0.15, 0.2) is 0 Å². The first-order chi connectivity index (χ1) is 8.76. The van der Waals surface area contributed by atoms with Crippen LogP contribution >= 0.6 is 0 Å². The van der Waals surface area contributed by atoms with Gasteiger partial charge in [0.25, 0.3) is 0 Å². The maximum Gasteiger partial charge on any atom is 0.336 e. The summed E-state index contributed by atoms with van der Waals surface area (Å²) in [5.74, 6) is -0.168. The maximum absolute atomic E-state index is 11.1. The van der Waals surface area contributed by atoms with Crippen LogP contribution in [0, 0.1) is 0 Å². The Hall–Kier alpha value is -1.85. The summed E-state index contributed by atoms with van der Waals surface area (Å²) in [5.41, 5.74) is -1.01. The van der Waals surface area contributed by atoms with E-state index in [-0.39, 0.29) is 17.8 Å². The molecule has 1 aromatic carbocycles. The molecular weight excluding hydrogens is 248 g/mol. The van der Waals surface area contributed by atoms with Crippen LogP contribution in [0.1, 0.15) is 31.9 Å². The van der Waals surface area contributed by atoms with Crippen molar-refractivity contribution in [2.24, 2.45) is 0 Å². The van der Waals surface area contributed by atoms with Crippen LogP contribution in [0.15, 0.2) is 33.5 Å². The summed E-state index contributed by atoms with van der Waals surface area (Å²) in [6.07, 6.45) is -0.917. The predicted molar refractivity (Wildman–Crippen MR) is 70.0 cm³/mol. The molecular formula is C14H16O5. The SMILES string of the molecule is CC(C)(O)CC(O)c1cc2ccc(=O)oc2cc1O. The van der Waals surface area contributed by atoms with E-state index >= 15 is 0 Å². The van der Waals surface area contributed by atoms with Gasteiger partial charge in [0.2, 0.25) is 0 Å². The molecule has 5 heteroatoms. The van der Waals surface area contributed by atoms with Crippen molar-refractivity contribution in [1.82, 2.24) is 0 Å². The Balaban J connectivity index is 2.47. The molecule has 19 heavy (non-hydrogen) atoms. The van der Waals surface area contributed by atoms with E-state index in [1.165, 1.54) is 12.1 Å². The van der Waals surface area contributed by atoms with Crippen LogP contribution in [-0.2, 0) is 0 Å². The number of aliphatic hydroxyl groups excluding tert-OH is 1. The van der Waals surface area contributed by atoms with Crippen LogP contribution in [-0.4, -0.2) is 20.9 Å². The lowest BCUT2D eigenvalue weighted by Crippen LogP contribution is -2.22. The van der Waals surface area contributed by atoms with Crippen LogP contribution in [0.5, 0.6) is 5.75 Å². The van der Waals surface area contributed by atoms with Crippen molar-refractivity contribution in [2.75, 3.05) is 0 Å². The first-order valence-corrected chi connectivity index (χ1v) is 5.93. The van der Waals surface area contributed by atoms with Gasteiger partial charge in [-0.25, -0.2) is 4.79 Å². The van der Waals surface area contributed by atoms with Gasteiger partial charge in [0.1, 0.15) is 11.3 Å². The van der Waals surface area contributed by atoms with Crippen LogP contribution < -0.4 is 5.63 Å². The molecule has 0 aliphatic heterocycles. The zero-order valence-electron chi connectivity index (χ0n) is 10.8. The lowest BCUT2D eigenvalue weighted by atomic mass is 9.95. The van der Waals surface area contributed by atoms with Crippen molar-refractivity contribution >= 4 is 11.0 Å². The normalized spacial score (nSPS) is 13.7. The van der Waals surface area contributed by atoms with Gasteiger partial charge >= 0.3 is 5.63 Å². The fraction of sp³-hybridized carbons (Fsp3) is 0.357. The molecule has 2 rings (SSSR count). The third-order valence-corrected chi connectivity index (χ3v) is 2.82. The number of benzene rings is 1. The summed E-state index contributed by atoms with van der Waals surface area (Å²) in [4.78, 5) is 11.1. The van der Waals surface area contributed by atoms with Crippen molar-refractivity contribution in [3.63, 3.8) is 0 Å². The minimum atomic E-state index is -1.05. The molecule has 1 unspecified atom stereocenters. The Kier molecular flexibility index (Phi) is 3.34. The number of phenolic OH excluding ortho intramolecular Hbond substituents is 1. The molecule has 0 saturated heterocycles. The molecule has 1 atom stereocenters. The van der Waals surface area contributed by atoms with Gasteiger partial charge < -0.3 is 19.7 Å². The van der Waals surface area contributed by atoms with Crippen molar-refractivity contribution < 1.29 is 19.7 Å². The number of hydrogen-bond donors (Lipinski definition) is 3. The molecule has 0 aliphatic rings. The molecule has 0 fully saturated rings. The summed E-state index contributed by atoms with van der Waals surface area (Å²) in [7, 11) is 0. The van der Waals surface area contributed by atoms with Gasteiger partial charge in [-0.05, 0) is 26.0 Å². The summed E-state index contributed by atoms with van der Waals surface area (Å²) in [6.45, 7) is 3.15. The number of hydrogen-bond acceptors (Lipinski definition) is 5. The molecule has 1 aromatic heterocycles. The van der Waals surface area contributed by atoms with Gasteiger partial charge in [0.05, 0.1) is 11.7 Å². The predicted octanol–water partition coefficient (Wildman–Crippen LogP) is 1.69. The second-order valence-corrected chi connectivity index (χ2v) is 5.24. The summed E-state index contributed by atoms with van der Waals surface area (Å²) >= 11 is 0. The molecule has 0 radical (unpaired) electrons. The van der Waals surface area contributed by atoms with Gasteiger partial charge in [-0.3, -0.25) is 0 Å². The van der Waals surface area contributed by atoms with Gasteiger partial charge in [-0.1, -0.05) is 0 Å². The van der Waals surface area contributed by atoms with E-state index in [1.807, 2.05) is 0 Å². The van der Waals surface area contributed by atoms with Gasteiger partial charge in [-0.15, -0.1) is 0 Å². The van der Waals surface area contributed by atoms with E-state index in [2.05, 4.69) is 0 Å². The Morgan fingerprint density at radius 3 is 2.63 bits per heavy atom. The van der Waals surface area contributed by atoms with Crippen molar-refractivity contribution in [1.29, 1.82) is 0 Å². The number of phenols is 1. The van der Waals surface area contributed by atoms with Crippen molar-refractivity contribution in [3.8, 4) is 5.75 Å². The third kappa shape index (κ3) is 3.13. The summed E-state index contributed by atoms with van der Waals surface area (Å²) in [5, 5.41) is 30.2. The molecule has 0 saturated carbocycles. The molecule has 5 nitrogen and oxygen atoms in total. The van der Waals surface area contributed by atoms with Crippen molar-refractivity contribution in [2.45, 2.75) is 32.0 Å². The number of fused-ring (bicyclic) bond motifs is 1. The van der Waals surface area contributed by atoms with E-state index in [0.29, 0.717) is 10.9 Å². The topological polar surface area (TPSA) is 90.9 Å². The monoisotopic (exact) mass is 264 g/mol. The Labute approximate surface area is 109 Å². The largest absolute Gasteiger partial charge is 0.507 e. The molecule has 0 amide bonds. The van der Waals surface area contributed by atoms with Crippen LogP contribution in [0.25, 0.3) is 11.0 Å². The lowest BCUT2D eigenvalue weighted by molar-refractivity contribution is 0.0173. The molecule has 1 heterocycles. The Bertz CT molecular complexity index is 651. The molecule has 0 aliphatic carbocycles. The highest BCUT2D eigenvalue weighted by Gasteiger charge is 2.22. The highest BCUT2D eigenvalue weighted by Crippen LogP contribution is 2.33. The second-order valence-electron chi connectivity index (χ2n) is 5.24. The Morgan fingerprint density at radius 1 is 1.32 bits per heavy atom. The first-order valence-electron chi connectivity index (χ1n) is 5.93. The molecule has 0 bridgehead atoms. The summed E-state index contributed by atoms with van der Waals surface area (Å²) in [6, 6.07) is 5.66. The van der Waals surface area contributed by atoms with E-state index in [9.17, 15) is 20.1 Å². The number of aromatic hydroxyl groups is 1. The molecule has 3 N–H and O–H groups in total. The van der Waals surface area contributed by atoms with E-state index in [0.717, 1.165) is 0 Å². The fourth-order valence-corrected chi connectivity index (χ4v) is 1.97. The smallest absolute Gasteiger partial charge is 0.336 e. The van der Waals surface area contributed by atoms with Crippen LogP contribution in [0.2, 0.25) is 0 Å². The van der Waals surface area contributed by atoms with Crippen LogP contribution in [0.3, 0.4) is 0 Å². The number of rotatable bonds is 3. The molecule has 2 aromatic rings. The zero-order chi connectivity index (χ0) is 14.2. The second kappa shape index (κ2) is 4.68. The van der Waals surface area contributed by atoms with E-state index in [1.54, 1.807) is 26.0 Å². The highest BCUT2D eigenvalue weighted by atomic mass is 16.4. The fourth-order valence-electron chi connectivity index (χ4n) is 1.97. The average Bonchev–Trinajstić information content (AvgIpc) is 2.25. The quantitative estimate of drug-likeness (QED) is 0.734. The standard InChI is InChI=1S/C14H16O5/c1-14(2,18)7-11(16)9-5-8-3-4-13(17)19-12(8)6-10(9)15/h3-6,11,15-16,18H,7H2,1-2H3. The highest BCUT2D eigenvalue weighted by molar-refractivity contribution is 5.79. The first kappa shape index (κ1) is 13.6. The van der Waals surface area contributed by atoms with E-state index in [4.69, 9.17) is 4.42 Å². The van der Waals surface area contributed by atoms with Gasteiger partial charge in [-0.2, -0.15) is 0 Å². The van der Waals surface area contributed by atoms with Crippen molar-refractivity contribution in [3.05, 3.63) is 40.2 Å². The summed E-state index contributed by atoms with van der Waals surface area (Å²) < 4.78 is 4.93. The minimum absolute atomic E-state index is 0.0862. The third-order valence-electron chi connectivity index (χ3n) is 2.82. The van der Waals surface area contributed by atoms with Gasteiger partial charge in [0, 0.05) is 29.5 Å². The zero-order valence-corrected chi connectivity index (χ0v) is 10.8.